The molecule has 2 aromatic carbocycles. The maximum Gasteiger partial charge on any atom is 0.253 e. The fourth-order valence-corrected chi connectivity index (χ4v) is 3.14. The highest BCUT2D eigenvalue weighted by atomic mass is 16.5. The minimum absolute atomic E-state index is 0.00667. The molecule has 1 aliphatic heterocycles. The van der Waals surface area contributed by atoms with Crippen LogP contribution in [0.4, 0.5) is 0 Å². The summed E-state index contributed by atoms with van der Waals surface area (Å²) in [5.74, 6) is 0.905. The topological polar surface area (TPSA) is 49.9 Å². The molecule has 0 saturated carbocycles. The maximum atomic E-state index is 12.7. The molecule has 5 heteroatoms. The van der Waals surface area contributed by atoms with E-state index in [1.165, 1.54) is 0 Å². The fourth-order valence-electron chi connectivity index (χ4n) is 3.14. The van der Waals surface area contributed by atoms with Crippen molar-refractivity contribution in [3.63, 3.8) is 0 Å². The standard InChI is InChI=1S/C22H26N2O3/c1-2-16-27-20-10-8-19(9-11-20)22(26)24-14-12-23(13-15-24)21(25)17-18-6-4-3-5-7-18/h3-11H,2,12-17H2,1H3. The van der Waals surface area contributed by atoms with E-state index >= 15 is 0 Å². The summed E-state index contributed by atoms with van der Waals surface area (Å²) in [6.07, 6.45) is 1.36. The lowest BCUT2D eigenvalue weighted by Gasteiger charge is -2.35. The van der Waals surface area contributed by atoms with E-state index in [-0.39, 0.29) is 11.8 Å². The van der Waals surface area contributed by atoms with Crippen LogP contribution in [0.5, 0.6) is 5.75 Å². The molecule has 2 aromatic rings. The van der Waals surface area contributed by atoms with Crippen molar-refractivity contribution in [2.75, 3.05) is 32.8 Å². The van der Waals surface area contributed by atoms with Crippen molar-refractivity contribution in [3.05, 3.63) is 65.7 Å². The largest absolute Gasteiger partial charge is 0.494 e. The number of nitrogens with zero attached hydrogens (tertiary/aromatic N) is 2. The van der Waals surface area contributed by atoms with Crippen molar-refractivity contribution in [2.24, 2.45) is 0 Å². The molecule has 0 aromatic heterocycles. The molecule has 1 saturated heterocycles. The third-order valence-electron chi connectivity index (χ3n) is 4.69. The summed E-state index contributed by atoms with van der Waals surface area (Å²) in [6, 6.07) is 17.0. The Bertz CT molecular complexity index is 751. The number of carbonyl (C=O) groups excluding carboxylic acids is 2. The second kappa shape index (κ2) is 9.21. The van der Waals surface area contributed by atoms with Crippen LogP contribution in [-0.2, 0) is 11.2 Å². The first-order chi connectivity index (χ1) is 13.2. The maximum absolute atomic E-state index is 12.7. The summed E-state index contributed by atoms with van der Waals surface area (Å²) in [5.41, 5.74) is 1.68. The van der Waals surface area contributed by atoms with Crippen molar-refractivity contribution >= 4 is 11.8 Å². The Morgan fingerprint density at radius 1 is 0.889 bits per heavy atom. The lowest BCUT2D eigenvalue weighted by atomic mass is 10.1. The van der Waals surface area contributed by atoms with Crippen molar-refractivity contribution in [1.29, 1.82) is 0 Å². The van der Waals surface area contributed by atoms with E-state index in [0.717, 1.165) is 17.7 Å². The van der Waals surface area contributed by atoms with Gasteiger partial charge in [0.2, 0.25) is 5.91 Å². The molecular weight excluding hydrogens is 340 g/mol. The Labute approximate surface area is 160 Å². The SMILES string of the molecule is CCCOc1ccc(C(=O)N2CCN(C(=O)Cc3ccccc3)CC2)cc1. The van der Waals surface area contributed by atoms with Crippen molar-refractivity contribution in [3.8, 4) is 5.75 Å². The molecule has 0 N–H and O–H groups in total. The first-order valence-corrected chi connectivity index (χ1v) is 9.51. The number of ether oxygens (including phenoxy) is 1. The molecule has 1 aliphatic rings. The smallest absolute Gasteiger partial charge is 0.253 e. The molecule has 1 fully saturated rings. The number of carbonyl (C=O) groups is 2. The van der Waals surface area contributed by atoms with Gasteiger partial charge in [0, 0.05) is 31.7 Å². The fraction of sp³-hybridized carbons (Fsp3) is 0.364. The molecule has 3 rings (SSSR count). The van der Waals surface area contributed by atoms with Crippen LogP contribution in [-0.4, -0.2) is 54.4 Å². The molecule has 0 radical (unpaired) electrons. The predicted octanol–water partition coefficient (Wildman–Crippen LogP) is 3.00. The third-order valence-corrected chi connectivity index (χ3v) is 4.69. The van der Waals surface area contributed by atoms with Gasteiger partial charge in [-0.25, -0.2) is 0 Å². The molecule has 0 bridgehead atoms. The summed E-state index contributed by atoms with van der Waals surface area (Å²) in [7, 11) is 0. The number of benzene rings is 2. The normalized spacial score (nSPS) is 14.1. The van der Waals surface area contributed by atoms with Gasteiger partial charge >= 0.3 is 0 Å². The predicted molar refractivity (Wildman–Crippen MR) is 105 cm³/mol. The third kappa shape index (κ3) is 5.09. The second-order valence-electron chi connectivity index (χ2n) is 6.71. The number of hydrogen-bond donors (Lipinski definition) is 0. The first kappa shape index (κ1) is 19.0. The molecule has 5 nitrogen and oxygen atoms in total. The zero-order chi connectivity index (χ0) is 19.1. The van der Waals surface area contributed by atoms with Gasteiger partial charge in [0.15, 0.2) is 0 Å². The van der Waals surface area contributed by atoms with Gasteiger partial charge in [-0.05, 0) is 36.2 Å². The quantitative estimate of drug-likeness (QED) is 0.790. The van der Waals surface area contributed by atoms with E-state index in [9.17, 15) is 9.59 Å². The number of amides is 2. The minimum Gasteiger partial charge on any atom is -0.494 e. The molecule has 0 aliphatic carbocycles. The van der Waals surface area contributed by atoms with Gasteiger partial charge in [0.25, 0.3) is 5.91 Å². The summed E-state index contributed by atoms with van der Waals surface area (Å²) in [4.78, 5) is 28.8. The second-order valence-corrected chi connectivity index (χ2v) is 6.71. The Morgan fingerprint density at radius 2 is 1.52 bits per heavy atom. The average molecular weight is 366 g/mol. The van der Waals surface area contributed by atoms with Gasteiger partial charge in [-0.2, -0.15) is 0 Å². The van der Waals surface area contributed by atoms with E-state index in [4.69, 9.17) is 4.74 Å². The van der Waals surface area contributed by atoms with E-state index in [1.807, 2.05) is 52.3 Å². The van der Waals surface area contributed by atoms with Gasteiger partial charge in [-0.15, -0.1) is 0 Å². The average Bonchev–Trinajstić information content (AvgIpc) is 2.73. The van der Waals surface area contributed by atoms with E-state index < -0.39 is 0 Å². The van der Waals surface area contributed by atoms with Gasteiger partial charge in [-0.3, -0.25) is 9.59 Å². The highest BCUT2D eigenvalue weighted by Gasteiger charge is 2.24. The summed E-state index contributed by atoms with van der Waals surface area (Å²) >= 11 is 0. The van der Waals surface area contributed by atoms with Gasteiger partial charge < -0.3 is 14.5 Å². The highest BCUT2D eigenvalue weighted by molar-refractivity contribution is 5.94. The van der Waals surface area contributed by atoms with Crippen LogP contribution in [0.1, 0.15) is 29.3 Å². The Morgan fingerprint density at radius 3 is 2.15 bits per heavy atom. The first-order valence-electron chi connectivity index (χ1n) is 9.51. The summed E-state index contributed by atoms with van der Waals surface area (Å²) in [6.45, 7) is 5.01. The highest BCUT2D eigenvalue weighted by Crippen LogP contribution is 2.15. The molecule has 2 amide bonds. The van der Waals surface area contributed by atoms with Crippen LogP contribution in [0.25, 0.3) is 0 Å². The lowest BCUT2D eigenvalue weighted by Crippen LogP contribution is -2.51. The molecule has 0 unspecified atom stereocenters. The number of piperazine rings is 1. The summed E-state index contributed by atoms with van der Waals surface area (Å²) < 4.78 is 5.56. The van der Waals surface area contributed by atoms with Crippen molar-refractivity contribution < 1.29 is 14.3 Å². The zero-order valence-electron chi connectivity index (χ0n) is 15.8. The van der Waals surface area contributed by atoms with Crippen molar-refractivity contribution in [1.82, 2.24) is 9.80 Å². The Kier molecular flexibility index (Phi) is 6.47. The van der Waals surface area contributed by atoms with Gasteiger partial charge in [0.05, 0.1) is 13.0 Å². The lowest BCUT2D eigenvalue weighted by molar-refractivity contribution is -0.131. The molecule has 0 spiro atoms. The van der Waals surface area contributed by atoms with Crippen molar-refractivity contribution in [2.45, 2.75) is 19.8 Å². The zero-order valence-corrected chi connectivity index (χ0v) is 15.8. The van der Waals surface area contributed by atoms with E-state index in [1.54, 1.807) is 12.1 Å². The monoisotopic (exact) mass is 366 g/mol. The van der Waals surface area contributed by atoms with Crippen LogP contribution >= 0.6 is 0 Å². The molecule has 27 heavy (non-hydrogen) atoms. The Balaban J connectivity index is 1.51. The molecule has 142 valence electrons. The van der Waals surface area contributed by atoms with Gasteiger partial charge in [-0.1, -0.05) is 37.3 Å². The Hall–Kier alpha value is -2.82. The van der Waals surface area contributed by atoms with E-state index in [0.29, 0.717) is 44.8 Å². The number of rotatable bonds is 6. The van der Waals surface area contributed by atoms with Crippen LogP contribution in [0.3, 0.4) is 0 Å². The van der Waals surface area contributed by atoms with Gasteiger partial charge in [0.1, 0.15) is 5.75 Å². The van der Waals surface area contributed by atoms with Crippen LogP contribution in [0.15, 0.2) is 54.6 Å². The van der Waals surface area contributed by atoms with Crippen LogP contribution in [0.2, 0.25) is 0 Å². The molecule has 0 atom stereocenters. The van der Waals surface area contributed by atoms with Crippen LogP contribution in [0, 0.1) is 0 Å². The molecule has 1 heterocycles. The minimum atomic E-state index is 0.00667. The summed E-state index contributed by atoms with van der Waals surface area (Å²) in [5, 5.41) is 0. The van der Waals surface area contributed by atoms with Crippen LogP contribution < -0.4 is 4.74 Å². The van der Waals surface area contributed by atoms with E-state index in [2.05, 4.69) is 6.92 Å². The number of hydrogen-bond acceptors (Lipinski definition) is 3. The molecular formula is C22H26N2O3.